The van der Waals surface area contributed by atoms with Crippen molar-refractivity contribution in [1.82, 2.24) is 31.9 Å². The minimum Gasteiger partial charge on any atom is -0.480 e. The van der Waals surface area contributed by atoms with Gasteiger partial charge in [-0.1, -0.05) is 58.0 Å². The van der Waals surface area contributed by atoms with E-state index in [0.717, 1.165) is 5.56 Å². The molecule has 0 fully saturated rings. The molecule has 1 rings (SSSR count). The molecule has 0 radical (unpaired) electrons. The van der Waals surface area contributed by atoms with E-state index in [-0.39, 0.29) is 19.3 Å². The monoisotopic (exact) mass is 793 g/mol. The van der Waals surface area contributed by atoms with Crippen LogP contribution in [0.15, 0.2) is 30.3 Å². The summed E-state index contributed by atoms with van der Waals surface area (Å²) in [7, 11) is 0. The second-order valence-electron chi connectivity index (χ2n) is 13.8. The van der Waals surface area contributed by atoms with Crippen LogP contribution < -0.4 is 49.1 Å². The lowest BCUT2D eigenvalue weighted by Crippen LogP contribution is -2.60. The van der Waals surface area contributed by atoms with Gasteiger partial charge in [0.2, 0.25) is 41.4 Å². The molecule has 19 heteroatoms. The molecule has 55 heavy (non-hydrogen) atoms. The molecule has 0 aromatic heterocycles. The molecule has 6 unspecified atom stereocenters. The van der Waals surface area contributed by atoms with E-state index >= 15 is 0 Å². The van der Waals surface area contributed by atoms with Crippen LogP contribution in [0.4, 0.5) is 0 Å². The van der Waals surface area contributed by atoms with Gasteiger partial charge in [-0.3, -0.25) is 33.6 Å². The van der Waals surface area contributed by atoms with Gasteiger partial charge in [0.15, 0.2) is 0 Å². The van der Waals surface area contributed by atoms with Crippen LogP contribution >= 0.6 is 11.8 Å². The van der Waals surface area contributed by atoms with Crippen molar-refractivity contribution in [3.8, 4) is 0 Å². The predicted octanol–water partition coefficient (Wildman–Crippen LogP) is -1.75. The lowest BCUT2D eigenvalue weighted by Gasteiger charge is -2.29. The summed E-state index contributed by atoms with van der Waals surface area (Å²) in [5, 5.41) is 24.6. The number of hydrogen-bond acceptors (Lipinski definition) is 11. The number of carboxylic acid groups (broad SMARTS) is 1. The van der Waals surface area contributed by atoms with Gasteiger partial charge in [-0.2, -0.15) is 11.8 Å². The van der Waals surface area contributed by atoms with Crippen molar-refractivity contribution in [3.63, 3.8) is 0 Å². The van der Waals surface area contributed by atoms with Gasteiger partial charge < -0.3 is 54.2 Å². The van der Waals surface area contributed by atoms with E-state index in [9.17, 15) is 43.5 Å². The van der Waals surface area contributed by atoms with E-state index in [1.54, 1.807) is 27.7 Å². The van der Waals surface area contributed by atoms with E-state index < -0.39 is 108 Å². The molecule has 7 amide bonds. The molecule has 0 aliphatic carbocycles. The Labute approximate surface area is 326 Å². The maximum atomic E-state index is 13.6. The van der Waals surface area contributed by atoms with Crippen molar-refractivity contribution in [3.05, 3.63) is 35.9 Å². The minimum atomic E-state index is -1.62. The van der Waals surface area contributed by atoms with Crippen LogP contribution in [-0.4, -0.2) is 114 Å². The fraction of sp³-hybridized carbons (Fsp3) is 0.611. The first-order chi connectivity index (χ1) is 25.9. The number of primary amides is 1. The molecule has 1 aromatic carbocycles. The minimum absolute atomic E-state index is 0.147. The third-order valence-corrected chi connectivity index (χ3v) is 9.06. The second kappa shape index (κ2) is 25.4. The number of carbonyl (C=O) groups excluding carboxylic acids is 7. The Morgan fingerprint density at radius 3 is 1.78 bits per heavy atom. The molecule has 0 heterocycles. The van der Waals surface area contributed by atoms with Crippen molar-refractivity contribution in [2.45, 2.75) is 102 Å². The number of carbonyl (C=O) groups is 8. The largest absolute Gasteiger partial charge is 0.480 e. The maximum absolute atomic E-state index is 13.6. The fourth-order valence-electron chi connectivity index (χ4n) is 5.27. The second-order valence-corrected chi connectivity index (χ2v) is 14.8. The van der Waals surface area contributed by atoms with Crippen molar-refractivity contribution in [2.24, 2.45) is 29.0 Å². The van der Waals surface area contributed by atoms with Crippen molar-refractivity contribution >= 4 is 59.1 Å². The summed E-state index contributed by atoms with van der Waals surface area (Å²) in [6.07, 6.45) is 2.84. The van der Waals surface area contributed by atoms with Gasteiger partial charge in [0.25, 0.3) is 0 Å². The van der Waals surface area contributed by atoms with Gasteiger partial charge in [0.05, 0.1) is 19.0 Å². The molecule has 18 nitrogen and oxygen atoms in total. The number of nitrogens with one attached hydrogen (secondary N) is 6. The topological polar surface area (TPSA) is 307 Å². The highest BCUT2D eigenvalue weighted by Gasteiger charge is 2.34. The molecule has 0 aliphatic heterocycles. The van der Waals surface area contributed by atoms with Gasteiger partial charge in [-0.15, -0.1) is 0 Å². The highest BCUT2D eigenvalue weighted by molar-refractivity contribution is 7.98. The first-order valence-corrected chi connectivity index (χ1v) is 19.6. The molecule has 1 aromatic rings. The number of nitrogens with two attached hydrogens (primary N) is 3. The van der Waals surface area contributed by atoms with Gasteiger partial charge in [0, 0.05) is 0 Å². The Morgan fingerprint density at radius 1 is 0.709 bits per heavy atom. The van der Waals surface area contributed by atoms with E-state index in [1.165, 1.54) is 11.8 Å². The summed E-state index contributed by atoms with van der Waals surface area (Å²) < 4.78 is 0. The van der Waals surface area contributed by atoms with Gasteiger partial charge in [-0.05, 0) is 68.1 Å². The normalized spacial score (nSPS) is 14.3. The molecule has 6 atom stereocenters. The van der Waals surface area contributed by atoms with E-state index in [0.29, 0.717) is 25.1 Å². The Kier molecular flexibility index (Phi) is 22.2. The van der Waals surface area contributed by atoms with E-state index in [1.807, 2.05) is 36.6 Å². The molecule has 0 saturated heterocycles. The van der Waals surface area contributed by atoms with Crippen LogP contribution in [0.3, 0.4) is 0 Å². The molecule has 13 N–H and O–H groups in total. The van der Waals surface area contributed by atoms with Crippen molar-refractivity contribution in [1.29, 1.82) is 0 Å². The average molecular weight is 794 g/mol. The van der Waals surface area contributed by atoms with Gasteiger partial charge >= 0.3 is 5.97 Å². The number of rotatable bonds is 26. The zero-order chi connectivity index (χ0) is 41.7. The standard InChI is InChI=1S/C36H59N9O9S/c1-20(2)29(34(51)43-26(36(53)54)18-27(39)46)45-35(52)30(21(3)4)44-33(50)24(13-9-10-15-37)41-28(47)19-40-32(49)25(14-16-55-5)42-31(48)23(38)17-22-11-7-6-8-12-22/h6-8,11-12,20-21,23-26,29-30H,9-10,13-19,37-38H2,1-5H3,(H2,39,46)(H,40,49)(H,41,47)(H,42,48)(H,43,51)(H,44,50)(H,45,52)(H,53,54). The lowest BCUT2D eigenvalue weighted by molar-refractivity contribution is -0.144. The Hall–Kier alpha value is -4.75. The first kappa shape index (κ1) is 48.3. The number of amides is 7. The average Bonchev–Trinajstić information content (AvgIpc) is 3.12. The number of benzene rings is 1. The quantitative estimate of drug-likeness (QED) is 0.0467. The molecule has 0 saturated carbocycles. The molecular formula is C36H59N9O9S. The number of aliphatic carboxylic acids is 1. The number of unbranched alkanes of at least 4 members (excludes halogenated alkanes) is 1. The molecule has 0 bridgehead atoms. The summed E-state index contributed by atoms with van der Waals surface area (Å²) in [5.41, 5.74) is 17.7. The SMILES string of the molecule is CSCCC(NC(=O)C(N)Cc1ccccc1)C(=O)NCC(=O)NC(CCCCN)C(=O)NC(C(=O)NC(C(=O)NC(CC(N)=O)C(=O)O)C(C)C)C(C)C. The van der Waals surface area contributed by atoms with E-state index in [2.05, 4.69) is 31.9 Å². The summed E-state index contributed by atoms with van der Waals surface area (Å²) in [4.78, 5) is 102. The lowest BCUT2D eigenvalue weighted by atomic mass is 9.98. The number of thioether (sulfide) groups is 1. The zero-order valence-corrected chi connectivity index (χ0v) is 33.0. The summed E-state index contributed by atoms with van der Waals surface area (Å²) in [6, 6.07) is 2.11. The zero-order valence-electron chi connectivity index (χ0n) is 32.2. The Bertz CT molecular complexity index is 1450. The summed E-state index contributed by atoms with van der Waals surface area (Å²) in [5.74, 6) is -7.11. The summed E-state index contributed by atoms with van der Waals surface area (Å²) >= 11 is 1.47. The smallest absolute Gasteiger partial charge is 0.326 e. The van der Waals surface area contributed by atoms with Crippen LogP contribution in [0.25, 0.3) is 0 Å². The maximum Gasteiger partial charge on any atom is 0.326 e. The summed E-state index contributed by atoms with van der Waals surface area (Å²) in [6.45, 7) is 6.33. The van der Waals surface area contributed by atoms with Crippen LogP contribution in [0.2, 0.25) is 0 Å². The molecular weight excluding hydrogens is 735 g/mol. The molecule has 308 valence electrons. The van der Waals surface area contributed by atoms with Gasteiger partial charge in [-0.25, -0.2) is 4.79 Å². The highest BCUT2D eigenvalue weighted by Crippen LogP contribution is 2.10. The van der Waals surface area contributed by atoms with Crippen LogP contribution in [0.5, 0.6) is 0 Å². The van der Waals surface area contributed by atoms with Crippen molar-refractivity contribution < 1.29 is 43.5 Å². The third-order valence-electron chi connectivity index (χ3n) is 8.41. The van der Waals surface area contributed by atoms with Crippen LogP contribution in [-0.2, 0) is 44.8 Å². The fourth-order valence-corrected chi connectivity index (χ4v) is 5.74. The molecule has 0 spiro atoms. The third kappa shape index (κ3) is 18.4. The Morgan fingerprint density at radius 2 is 1.25 bits per heavy atom. The first-order valence-electron chi connectivity index (χ1n) is 18.2. The van der Waals surface area contributed by atoms with Gasteiger partial charge in [0.1, 0.15) is 30.2 Å². The number of hydrogen-bond donors (Lipinski definition) is 10. The predicted molar refractivity (Wildman–Crippen MR) is 208 cm³/mol. The molecule has 0 aliphatic rings. The number of carboxylic acids is 1. The van der Waals surface area contributed by atoms with Crippen molar-refractivity contribution in [2.75, 3.05) is 25.1 Å². The Balaban J connectivity index is 3.01. The van der Waals surface area contributed by atoms with Crippen LogP contribution in [0.1, 0.15) is 65.4 Å². The highest BCUT2D eigenvalue weighted by atomic mass is 32.2. The van der Waals surface area contributed by atoms with E-state index in [4.69, 9.17) is 17.2 Å². The van der Waals surface area contributed by atoms with Crippen LogP contribution in [0, 0.1) is 11.8 Å².